The normalized spacial score (nSPS) is 9.76. The molecule has 0 aliphatic heterocycles. The highest BCUT2D eigenvalue weighted by molar-refractivity contribution is 5.93. The van der Waals surface area contributed by atoms with Crippen molar-refractivity contribution >= 4 is 18.1 Å². The van der Waals surface area contributed by atoms with Crippen LogP contribution in [0.5, 0.6) is 5.75 Å². The highest BCUT2D eigenvalue weighted by Gasteiger charge is 2.10. The number of nitrogens with one attached hydrogen (secondary N) is 1. The standard InChI is InChI=1S/C14H22N2O.C7H14O2.C6H6O/c1-5-16(6-2)10-13(17)15-14-11(3)8-7-9-12(14)4;1-2-3-4-5-6-9-7-8;7-6-4-2-1-3-5-6/h7-9H,5-6,10H2,1-4H3,(H,15,17);7H,2-6H2,1H3;1-5,7H. The van der Waals surface area contributed by atoms with Crippen LogP contribution < -0.4 is 5.32 Å². The number of anilines is 1. The highest BCUT2D eigenvalue weighted by atomic mass is 16.5. The van der Waals surface area contributed by atoms with Crippen LogP contribution in [-0.2, 0) is 14.3 Å². The lowest BCUT2D eigenvalue weighted by atomic mass is 10.1. The number of carbonyl (C=O) groups is 2. The Morgan fingerprint density at radius 1 is 0.939 bits per heavy atom. The van der Waals surface area contributed by atoms with E-state index in [1.165, 1.54) is 19.3 Å². The van der Waals surface area contributed by atoms with E-state index in [1.807, 2.05) is 38.1 Å². The molecule has 184 valence electrons. The van der Waals surface area contributed by atoms with Crippen LogP contribution >= 0.6 is 0 Å². The zero-order valence-electron chi connectivity index (χ0n) is 21.0. The van der Waals surface area contributed by atoms with Gasteiger partial charge in [0.05, 0.1) is 13.2 Å². The van der Waals surface area contributed by atoms with Crippen LogP contribution in [0.15, 0.2) is 48.5 Å². The number of phenols is 1. The van der Waals surface area contributed by atoms with Gasteiger partial charge in [0.15, 0.2) is 0 Å². The molecule has 2 aromatic carbocycles. The molecule has 0 saturated heterocycles. The first-order valence-electron chi connectivity index (χ1n) is 11.8. The van der Waals surface area contributed by atoms with E-state index in [0.29, 0.717) is 25.4 Å². The first-order valence-corrected chi connectivity index (χ1v) is 11.8. The molecule has 0 bridgehead atoms. The molecule has 2 rings (SSSR count). The molecule has 2 N–H and O–H groups in total. The molecule has 33 heavy (non-hydrogen) atoms. The number of ether oxygens (including phenoxy) is 1. The van der Waals surface area contributed by atoms with Crippen LogP contribution in [0.1, 0.15) is 57.6 Å². The van der Waals surface area contributed by atoms with Crippen LogP contribution in [0.25, 0.3) is 0 Å². The second-order valence-electron chi connectivity index (χ2n) is 7.64. The van der Waals surface area contributed by atoms with Crippen LogP contribution in [0.2, 0.25) is 0 Å². The van der Waals surface area contributed by atoms with Crippen molar-refractivity contribution in [3.63, 3.8) is 0 Å². The monoisotopic (exact) mass is 458 g/mol. The lowest BCUT2D eigenvalue weighted by molar-refractivity contribution is -0.128. The van der Waals surface area contributed by atoms with Crippen molar-refractivity contribution < 1.29 is 19.4 Å². The first-order chi connectivity index (χ1) is 15.9. The molecule has 6 heteroatoms. The van der Waals surface area contributed by atoms with E-state index in [4.69, 9.17) is 5.11 Å². The Labute approximate surface area is 200 Å². The predicted octanol–water partition coefficient (Wildman–Crippen LogP) is 5.72. The van der Waals surface area contributed by atoms with Gasteiger partial charge in [0, 0.05) is 5.69 Å². The van der Waals surface area contributed by atoms with E-state index in [0.717, 1.165) is 36.3 Å². The van der Waals surface area contributed by atoms with Gasteiger partial charge in [-0.1, -0.05) is 76.4 Å². The minimum Gasteiger partial charge on any atom is -0.508 e. The topological polar surface area (TPSA) is 78.9 Å². The zero-order valence-corrected chi connectivity index (χ0v) is 21.0. The van der Waals surface area contributed by atoms with Gasteiger partial charge in [-0.2, -0.15) is 0 Å². The van der Waals surface area contributed by atoms with E-state index in [9.17, 15) is 9.59 Å². The zero-order chi connectivity index (χ0) is 24.9. The van der Waals surface area contributed by atoms with Crippen LogP contribution in [0, 0.1) is 13.8 Å². The Morgan fingerprint density at radius 2 is 1.55 bits per heavy atom. The summed E-state index contributed by atoms with van der Waals surface area (Å²) in [6, 6.07) is 14.7. The Balaban J connectivity index is 0.000000533. The number of aryl methyl sites for hydroxylation is 2. The first kappa shape index (κ1) is 30.1. The number of hydrogen-bond acceptors (Lipinski definition) is 5. The summed E-state index contributed by atoms with van der Waals surface area (Å²) >= 11 is 0. The van der Waals surface area contributed by atoms with Gasteiger partial charge in [-0.05, 0) is 56.6 Å². The van der Waals surface area contributed by atoms with E-state index in [2.05, 4.69) is 35.7 Å². The minimum absolute atomic E-state index is 0.0612. The van der Waals surface area contributed by atoms with Gasteiger partial charge in [0.2, 0.25) is 5.91 Å². The van der Waals surface area contributed by atoms with Gasteiger partial charge in [-0.25, -0.2) is 0 Å². The fraction of sp³-hybridized carbons (Fsp3) is 0.481. The Bertz CT molecular complexity index is 742. The molecule has 0 unspecified atom stereocenters. The molecule has 0 aromatic heterocycles. The fourth-order valence-corrected chi connectivity index (χ4v) is 2.93. The van der Waals surface area contributed by atoms with E-state index in [-0.39, 0.29) is 5.91 Å². The lowest BCUT2D eigenvalue weighted by Gasteiger charge is -2.18. The number of hydrogen-bond donors (Lipinski definition) is 2. The van der Waals surface area contributed by atoms with Gasteiger partial charge >= 0.3 is 0 Å². The maximum atomic E-state index is 11.9. The van der Waals surface area contributed by atoms with Crippen LogP contribution in [0.4, 0.5) is 5.69 Å². The molecule has 0 aliphatic carbocycles. The molecular weight excluding hydrogens is 416 g/mol. The fourth-order valence-electron chi connectivity index (χ4n) is 2.93. The highest BCUT2D eigenvalue weighted by Crippen LogP contribution is 2.19. The minimum atomic E-state index is 0.0612. The van der Waals surface area contributed by atoms with Crippen molar-refractivity contribution in [1.29, 1.82) is 0 Å². The number of aromatic hydroxyl groups is 1. The molecule has 2 aromatic rings. The molecule has 0 fully saturated rings. The summed E-state index contributed by atoms with van der Waals surface area (Å²) in [6.45, 7) is 13.7. The van der Waals surface area contributed by atoms with Crippen molar-refractivity contribution in [2.24, 2.45) is 0 Å². The summed E-state index contributed by atoms with van der Waals surface area (Å²) in [5, 5.41) is 11.6. The van der Waals surface area contributed by atoms with Gasteiger partial charge in [-0.15, -0.1) is 0 Å². The number of amides is 1. The van der Waals surface area contributed by atoms with Crippen molar-refractivity contribution in [2.75, 3.05) is 31.6 Å². The number of carbonyl (C=O) groups excluding carboxylic acids is 2. The maximum absolute atomic E-state index is 11.9. The molecule has 1 amide bonds. The molecule has 0 radical (unpaired) electrons. The van der Waals surface area contributed by atoms with E-state index in [1.54, 1.807) is 24.3 Å². The Kier molecular flexibility index (Phi) is 18.1. The van der Waals surface area contributed by atoms with E-state index < -0.39 is 0 Å². The van der Waals surface area contributed by atoms with Crippen LogP contribution in [0.3, 0.4) is 0 Å². The molecule has 6 nitrogen and oxygen atoms in total. The van der Waals surface area contributed by atoms with Gasteiger partial charge < -0.3 is 15.2 Å². The van der Waals surface area contributed by atoms with E-state index >= 15 is 0 Å². The second kappa shape index (κ2) is 19.8. The van der Waals surface area contributed by atoms with Gasteiger partial charge in [-0.3, -0.25) is 14.5 Å². The third-order valence-corrected chi connectivity index (χ3v) is 4.95. The smallest absolute Gasteiger partial charge is 0.293 e. The number of rotatable bonds is 11. The maximum Gasteiger partial charge on any atom is 0.293 e. The number of unbranched alkanes of at least 4 members (excludes halogenated alkanes) is 3. The number of nitrogens with zero attached hydrogens (tertiary/aromatic N) is 1. The van der Waals surface area contributed by atoms with Crippen molar-refractivity contribution in [3.8, 4) is 5.75 Å². The summed E-state index contributed by atoms with van der Waals surface area (Å²) in [4.78, 5) is 23.6. The third-order valence-electron chi connectivity index (χ3n) is 4.95. The number of para-hydroxylation sites is 2. The lowest BCUT2D eigenvalue weighted by Crippen LogP contribution is -2.33. The molecule has 0 saturated carbocycles. The summed E-state index contributed by atoms with van der Waals surface area (Å²) in [7, 11) is 0. The average Bonchev–Trinajstić information content (AvgIpc) is 2.81. The summed E-state index contributed by atoms with van der Waals surface area (Å²) in [6.07, 6.45) is 4.64. The Hall–Kier alpha value is -2.86. The quantitative estimate of drug-likeness (QED) is 0.333. The summed E-state index contributed by atoms with van der Waals surface area (Å²) < 4.78 is 4.50. The van der Waals surface area contributed by atoms with Gasteiger partial charge in [0.25, 0.3) is 6.47 Å². The van der Waals surface area contributed by atoms with Crippen LogP contribution in [-0.4, -0.2) is 48.6 Å². The number of phenolic OH excluding ortho intramolecular Hbond substituents is 1. The summed E-state index contributed by atoms with van der Waals surface area (Å²) in [5.74, 6) is 0.383. The van der Waals surface area contributed by atoms with Crippen molar-refractivity contribution in [3.05, 3.63) is 59.7 Å². The SMILES string of the molecule is CCCCCCOC=O.CCN(CC)CC(=O)Nc1c(C)cccc1C.Oc1ccccc1. The predicted molar refractivity (Wildman–Crippen MR) is 137 cm³/mol. The average molecular weight is 459 g/mol. The molecule has 0 aliphatic rings. The van der Waals surface area contributed by atoms with Gasteiger partial charge in [0.1, 0.15) is 5.75 Å². The second-order valence-corrected chi connectivity index (χ2v) is 7.64. The largest absolute Gasteiger partial charge is 0.508 e. The number of benzene rings is 2. The number of likely N-dealkylation sites (N-methyl/N-ethyl adjacent to an activating group) is 1. The Morgan fingerprint density at radius 3 is 2.00 bits per heavy atom. The molecular formula is C27H42N2O4. The molecule has 0 atom stereocenters. The summed E-state index contributed by atoms with van der Waals surface area (Å²) in [5.41, 5.74) is 3.17. The van der Waals surface area contributed by atoms with Crippen molar-refractivity contribution in [1.82, 2.24) is 4.90 Å². The third kappa shape index (κ3) is 15.6. The van der Waals surface area contributed by atoms with Crippen molar-refractivity contribution in [2.45, 2.75) is 60.3 Å². The molecule has 0 heterocycles. The molecule has 0 spiro atoms.